The highest BCUT2D eigenvalue weighted by Gasteiger charge is 2.35. The van der Waals surface area contributed by atoms with Gasteiger partial charge in [-0.1, -0.05) is 17.3 Å². The summed E-state index contributed by atoms with van der Waals surface area (Å²) >= 11 is 0. The highest BCUT2D eigenvalue weighted by Crippen LogP contribution is 2.36. The van der Waals surface area contributed by atoms with E-state index in [0.29, 0.717) is 34.5 Å². The minimum Gasteiger partial charge on any atom is -0.482 e. The van der Waals surface area contributed by atoms with E-state index in [-0.39, 0.29) is 13.4 Å². The number of nitrogens with zero attached hydrogens (tertiary/aromatic N) is 1. The Hall–Kier alpha value is -3.68. The molecule has 8 heteroatoms. The molecule has 2 aromatic carbocycles. The summed E-state index contributed by atoms with van der Waals surface area (Å²) in [7, 11) is 0. The van der Waals surface area contributed by atoms with Gasteiger partial charge in [0.2, 0.25) is 12.9 Å². The summed E-state index contributed by atoms with van der Waals surface area (Å²) in [5, 5.41) is 3.96. The number of carbonyl (C=O) groups is 1. The number of fused-ring (bicyclic) bond motifs is 2. The summed E-state index contributed by atoms with van der Waals surface area (Å²) in [4.78, 5) is 12.5. The van der Waals surface area contributed by atoms with Crippen LogP contribution in [-0.4, -0.2) is 30.1 Å². The van der Waals surface area contributed by atoms with Crippen molar-refractivity contribution >= 4 is 5.97 Å². The van der Waals surface area contributed by atoms with Crippen LogP contribution in [0.25, 0.3) is 11.3 Å². The molecule has 0 bridgehead atoms. The normalized spacial score (nSPS) is 19.1. The van der Waals surface area contributed by atoms with Crippen molar-refractivity contribution in [1.82, 2.24) is 5.16 Å². The van der Waals surface area contributed by atoms with Gasteiger partial charge in [-0.25, -0.2) is 4.79 Å². The fourth-order valence-electron chi connectivity index (χ4n) is 3.17. The van der Waals surface area contributed by atoms with Crippen LogP contribution in [0.3, 0.4) is 0 Å². The van der Waals surface area contributed by atoms with Crippen molar-refractivity contribution in [3.63, 3.8) is 0 Å². The molecule has 3 aromatic rings. The summed E-state index contributed by atoms with van der Waals surface area (Å²) < 4.78 is 32.9. The molecule has 148 valence electrons. The van der Waals surface area contributed by atoms with E-state index in [4.69, 9.17) is 28.2 Å². The predicted octanol–water partition coefficient (Wildman–Crippen LogP) is 3.34. The van der Waals surface area contributed by atoms with E-state index >= 15 is 0 Å². The second-order valence-electron chi connectivity index (χ2n) is 6.67. The zero-order valence-electron chi connectivity index (χ0n) is 15.5. The van der Waals surface area contributed by atoms with E-state index in [2.05, 4.69) is 5.16 Å². The number of ether oxygens (including phenoxy) is 5. The van der Waals surface area contributed by atoms with Gasteiger partial charge in [-0.05, 0) is 37.3 Å². The third kappa shape index (κ3) is 3.33. The average Bonchev–Trinajstić information content (AvgIpc) is 3.40. The van der Waals surface area contributed by atoms with Gasteiger partial charge in [0, 0.05) is 11.6 Å². The summed E-state index contributed by atoms with van der Waals surface area (Å²) in [6, 6.07) is 14.4. The molecule has 2 aliphatic rings. The number of rotatable bonds is 4. The molecule has 0 aliphatic carbocycles. The van der Waals surface area contributed by atoms with Crippen LogP contribution in [-0.2, 0) is 16.1 Å². The molecule has 2 unspecified atom stereocenters. The number of hydrogen-bond donors (Lipinski definition) is 0. The van der Waals surface area contributed by atoms with E-state index in [0.717, 1.165) is 5.56 Å². The number of aromatic nitrogens is 1. The van der Waals surface area contributed by atoms with Gasteiger partial charge in [-0.2, -0.15) is 0 Å². The molecule has 8 nitrogen and oxygen atoms in total. The summed E-state index contributed by atoms with van der Waals surface area (Å²) in [6.07, 6.45) is -1.33. The molecule has 0 spiro atoms. The quantitative estimate of drug-likeness (QED) is 0.622. The first-order chi connectivity index (χ1) is 14.2. The van der Waals surface area contributed by atoms with Gasteiger partial charge < -0.3 is 28.2 Å². The number of hydrogen-bond acceptors (Lipinski definition) is 8. The first-order valence-electron chi connectivity index (χ1n) is 9.12. The molecule has 0 N–H and O–H groups in total. The smallest absolute Gasteiger partial charge is 0.351 e. The van der Waals surface area contributed by atoms with Crippen LogP contribution in [0.4, 0.5) is 0 Å². The lowest BCUT2D eigenvalue weighted by Gasteiger charge is -2.30. The number of carbonyl (C=O) groups excluding carboxylic acids is 1. The first-order valence-corrected chi connectivity index (χ1v) is 9.12. The fourth-order valence-corrected chi connectivity index (χ4v) is 3.17. The Kier molecular flexibility index (Phi) is 4.23. The molecule has 29 heavy (non-hydrogen) atoms. The van der Waals surface area contributed by atoms with Crippen molar-refractivity contribution in [3.8, 4) is 34.3 Å². The Morgan fingerprint density at radius 3 is 2.69 bits per heavy atom. The molecule has 3 heterocycles. The van der Waals surface area contributed by atoms with E-state index < -0.39 is 18.2 Å². The van der Waals surface area contributed by atoms with Crippen molar-refractivity contribution in [2.75, 3.05) is 6.79 Å². The van der Waals surface area contributed by atoms with Crippen molar-refractivity contribution < 1.29 is 33.0 Å². The largest absolute Gasteiger partial charge is 0.482 e. The molecule has 5 rings (SSSR count). The van der Waals surface area contributed by atoms with Crippen LogP contribution >= 0.6 is 0 Å². The SMILES string of the molecule is CC1Oc2ccccc2OC1C(=O)OCc1cc(-c2ccc3c(c2)OCO3)on1. The molecule has 0 saturated carbocycles. The molecule has 2 atom stereocenters. The van der Waals surface area contributed by atoms with Gasteiger partial charge >= 0.3 is 5.97 Å². The molecule has 1 aromatic heterocycles. The van der Waals surface area contributed by atoms with Gasteiger partial charge in [0.25, 0.3) is 0 Å². The Morgan fingerprint density at radius 2 is 1.83 bits per heavy atom. The highest BCUT2D eigenvalue weighted by atomic mass is 16.7. The van der Waals surface area contributed by atoms with E-state index in [1.165, 1.54) is 0 Å². The highest BCUT2D eigenvalue weighted by molar-refractivity contribution is 5.76. The van der Waals surface area contributed by atoms with Crippen LogP contribution < -0.4 is 18.9 Å². The molecular formula is C21H17NO7. The van der Waals surface area contributed by atoms with Gasteiger partial charge in [-0.3, -0.25) is 0 Å². The fraction of sp³-hybridized carbons (Fsp3) is 0.238. The van der Waals surface area contributed by atoms with E-state index in [1.54, 1.807) is 31.2 Å². The summed E-state index contributed by atoms with van der Waals surface area (Å²) in [5.41, 5.74) is 1.27. The zero-order valence-corrected chi connectivity index (χ0v) is 15.5. The number of esters is 1. The van der Waals surface area contributed by atoms with Gasteiger partial charge in [0.05, 0.1) is 0 Å². The zero-order chi connectivity index (χ0) is 19.8. The minimum absolute atomic E-state index is 0.0406. The second-order valence-corrected chi connectivity index (χ2v) is 6.67. The average molecular weight is 395 g/mol. The van der Waals surface area contributed by atoms with E-state index in [9.17, 15) is 4.79 Å². The third-order valence-electron chi connectivity index (χ3n) is 4.65. The molecule has 2 aliphatic heterocycles. The minimum atomic E-state index is -0.856. The van der Waals surface area contributed by atoms with Crippen molar-refractivity contribution in [2.24, 2.45) is 0 Å². The lowest BCUT2D eigenvalue weighted by atomic mass is 10.1. The first kappa shape index (κ1) is 17.4. The topological polar surface area (TPSA) is 89.3 Å². The van der Waals surface area contributed by atoms with Crippen LogP contribution in [0.15, 0.2) is 53.1 Å². The third-order valence-corrected chi connectivity index (χ3v) is 4.65. The number of benzene rings is 2. The van der Waals surface area contributed by atoms with Gasteiger partial charge in [0.1, 0.15) is 18.4 Å². The van der Waals surface area contributed by atoms with Gasteiger partial charge in [0.15, 0.2) is 28.8 Å². The summed E-state index contributed by atoms with van der Waals surface area (Å²) in [6.45, 7) is 1.92. The van der Waals surface area contributed by atoms with Crippen LogP contribution in [0.5, 0.6) is 23.0 Å². The van der Waals surface area contributed by atoms with Crippen LogP contribution in [0, 0.1) is 0 Å². The second kappa shape index (κ2) is 7.05. The lowest BCUT2D eigenvalue weighted by Crippen LogP contribution is -2.44. The molecule has 0 fully saturated rings. The maximum atomic E-state index is 12.5. The van der Waals surface area contributed by atoms with Crippen molar-refractivity contribution in [3.05, 3.63) is 54.2 Å². The number of para-hydroxylation sites is 2. The maximum Gasteiger partial charge on any atom is 0.351 e. The Morgan fingerprint density at radius 1 is 1.03 bits per heavy atom. The maximum absolute atomic E-state index is 12.5. The summed E-state index contributed by atoms with van der Waals surface area (Å²) in [5.74, 6) is 2.46. The Labute approximate surface area is 165 Å². The van der Waals surface area contributed by atoms with Crippen LogP contribution in [0.2, 0.25) is 0 Å². The molecular weight excluding hydrogens is 378 g/mol. The van der Waals surface area contributed by atoms with Crippen molar-refractivity contribution in [2.45, 2.75) is 25.7 Å². The molecule has 0 radical (unpaired) electrons. The van der Waals surface area contributed by atoms with Crippen LogP contribution in [0.1, 0.15) is 12.6 Å². The monoisotopic (exact) mass is 395 g/mol. The van der Waals surface area contributed by atoms with Gasteiger partial charge in [-0.15, -0.1) is 0 Å². The molecule has 0 saturated heterocycles. The standard InChI is InChI=1S/C21H17NO7/c1-12-20(28-17-5-3-2-4-16(17)27-12)21(23)24-10-14-9-18(29-22-14)13-6-7-15-19(8-13)26-11-25-15/h2-9,12,20H,10-11H2,1H3. The lowest BCUT2D eigenvalue weighted by molar-refractivity contribution is -0.159. The Balaban J connectivity index is 1.24. The van der Waals surface area contributed by atoms with Crippen molar-refractivity contribution in [1.29, 1.82) is 0 Å². The molecule has 0 amide bonds. The van der Waals surface area contributed by atoms with E-state index in [1.807, 2.05) is 24.3 Å². The Bertz CT molecular complexity index is 1060. The predicted molar refractivity (Wildman–Crippen MR) is 98.8 cm³/mol.